The molecule has 3 rings (SSSR count). The van der Waals surface area contributed by atoms with Crippen molar-refractivity contribution in [2.75, 3.05) is 4.72 Å². The Morgan fingerprint density at radius 1 is 1.00 bits per heavy atom. The normalized spacial score (nSPS) is 12.0. The van der Waals surface area contributed by atoms with Crippen LogP contribution in [0.1, 0.15) is 0 Å². The highest BCUT2D eigenvalue weighted by Crippen LogP contribution is 2.24. The molecule has 0 bridgehead atoms. The minimum Gasteiger partial charge on any atom is -0.277 e. The molecule has 0 aliphatic carbocycles. The number of pyridine rings is 1. The van der Waals surface area contributed by atoms with E-state index in [-0.39, 0.29) is 4.90 Å². The zero-order valence-electron chi connectivity index (χ0n) is 11.3. The Kier molecular flexibility index (Phi) is 4.61. The molecule has 2 aromatic carbocycles. The van der Waals surface area contributed by atoms with Crippen molar-refractivity contribution in [2.45, 2.75) is 4.90 Å². The van der Waals surface area contributed by atoms with Gasteiger partial charge in [-0.05, 0) is 35.8 Å². The number of nitrogens with zero attached hydrogens (tertiary/aromatic N) is 1. The molecule has 7 heteroatoms. The van der Waals surface area contributed by atoms with Crippen LogP contribution in [0.2, 0.25) is 0 Å². The first-order chi connectivity index (χ1) is 10.6. The van der Waals surface area contributed by atoms with Crippen molar-refractivity contribution >= 4 is 60.2 Å². The summed E-state index contributed by atoms with van der Waals surface area (Å²) in [7, 11) is -3.62. The number of hydrogen-bond donors (Lipinski definition) is 1. The zero-order valence-corrected chi connectivity index (χ0v) is 15.3. The molecule has 0 fully saturated rings. The molecule has 0 aliphatic heterocycles. The SMILES string of the molecule is O=S(=O)(Nc1cccc2cccnc12)c1ccc(PI)cc1. The van der Waals surface area contributed by atoms with Crippen molar-refractivity contribution in [3.63, 3.8) is 0 Å². The summed E-state index contributed by atoms with van der Waals surface area (Å²) in [6, 6.07) is 16.1. The van der Waals surface area contributed by atoms with Crippen molar-refractivity contribution < 1.29 is 8.42 Å². The minimum absolute atomic E-state index is 0.249. The summed E-state index contributed by atoms with van der Waals surface area (Å²) >= 11 is 2.27. The van der Waals surface area contributed by atoms with Gasteiger partial charge in [0.05, 0.1) is 16.1 Å². The third kappa shape index (κ3) is 3.24. The number of para-hydroxylation sites is 1. The Labute approximate surface area is 143 Å². The predicted molar refractivity (Wildman–Crippen MR) is 101 cm³/mol. The number of benzene rings is 2. The van der Waals surface area contributed by atoms with Gasteiger partial charge >= 0.3 is 0 Å². The van der Waals surface area contributed by atoms with E-state index in [0.717, 1.165) is 10.7 Å². The second-order valence-corrected chi connectivity index (χ2v) is 8.67. The Hall–Kier alpha value is -1.24. The molecule has 1 unspecified atom stereocenters. The van der Waals surface area contributed by atoms with Crippen LogP contribution in [0.25, 0.3) is 10.9 Å². The van der Waals surface area contributed by atoms with Crippen molar-refractivity contribution in [1.29, 1.82) is 0 Å². The van der Waals surface area contributed by atoms with Gasteiger partial charge in [0.15, 0.2) is 0 Å². The highest BCUT2D eigenvalue weighted by Gasteiger charge is 2.15. The summed E-state index contributed by atoms with van der Waals surface area (Å²) in [6.45, 7) is 0. The summed E-state index contributed by atoms with van der Waals surface area (Å²) in [6.07, 6.45) is 2.26. The number of hydrogen-bond acceptors (Lipinski definition) is 3. The second kappa shape index (κ2) is 6.48. The molecule has 22 heavy (non-hydrogen) atoms. The van der Waals surface area contributed by atoms with Crippen LogP contribution in [-0.2, 0) is 10.0 Å². The molecule has 112 valence electrons. The van der Waals surface area contributed by atoms with Gasteiger partial charge in [-0.15, -0.1) is 0 Å². The molecule has 1 heterocycles. The van der Waals surface area contributed by atoms with Crippen LogP contribution in [-0.4, -0.2) is 13.4 Å². The van der Waals surface area contributed by atoms with Gasteiger partial charge in [0, 0.05) is 11.6 Å². The summed E-state index contributed by atoms with van der Waals surface area (Å²) in [5.41, 5.74) is 1.12. The van der Waals surface area contributed by atoms with E-state index < -0.39 is 10.0 Å². The maximum Gasteiger partial charge on any atom is 0.261 e. The fraction of sp³-hybridized carbons (Fsp3) is 0. The monoisotopic (exact) mass is 442 g/mol. The van der Waals surface area contributed by atoms with E-state index in [4.69, 9.17) is 0 Å². The first-order valence-electron chi connectivity index (χ1n) is 6.43. The third-order valence-corrected chi connectivity index (χ3v) is 6.95. The Bertz CT molecular complexity index is 909. The summed E-state index contributed by atoms with van der Waals surface area (Å²) in [5, 5.41) is 2.01. The standard InChI is InChI=1S/C15H12IN2O2PS/c16-21-12-6-8-13(9-7-12)22(19,20)18-14-5-1-3-11-4-2-10-17-15(11)14/h1-10,18,21H. The van der Waals surface area contributed by atoms with Crippen LogP contribution in [0.15, 0.2) is 65.7 Å². The van der Waals surface area contributed by atoms with E-state index in [0.29, 0.717) is 17.4 Å². The fourth-order valence-corrected chi connectivity index (χ4v) is 4.53. The lowest BCUT2D eigenvalue weighted by molar-refractivity contribution is 0.601. The molecule has 0 saturated heterocycles. The second-order valence-electron chi connectivity index (χ2n) is 4.61. The maximum atomic E-state index is 12.5. The largest absolute Gasteiger partial charge is 0.277 e. The first kappa shape index (κ1) is 15.6. The molecule has 1 aromatic heterocycles. The lowest BCUT2D eigenvalue weighted by Gasteiger charge is -2.10. The highest BCUT2D eigenvalue weighted by atomic mass is 127. The van der Waals surface area contributed by atoms with Gasteiger partial charge in [0.25, 0.3) is 10.0 Å². The molecule has 1 N–H and O–H groups in total. The highest BCUT2D eigenvalue weighted by molar-refractivity contribution is 14.2. The number of fused-ring (bicyclic) bond motifs is 1. The number of nitrogens with one attached hydrogen (secondary N) is 1. The van der Waals surface area contributed by atoms with E-state index in [1.54, 1.807) is 24.4 Å². The van der Waals surface area contributed by atoms with Gasteiger partial charge in [-0.2, -0.15) is 0 Å². The Balaban J connectivity index is 1.99. The molecule has 3 aromatic rings. The molecular formula is C15H12IN2O2PS. The van der Waals surface area contributed by atoms with Gasteiger partial charge in [-0.1, -0.05) is 52.4 Å². The van der Waals surface area contributed by atoms with Crippen molar-refractivity contribution in [3.8, 4) is 0 Å². The van der Waals surface area contributed by atoms with Gasteiger partial charge in [-0.3, -0.25) is 9.71 Å². The van der Waals surface area contributed by atoms with Crippen LogP contribution in [0.3, 0.4) is 0 Å². The summed E-state index contributed by atoms with van der Waals surface area (Å²) in [4.78, 5) is 4.51. The van der Waals surface area contributed by atoms with Gasteiger partial charge < -0.3 is 0 Å². The lowest BCUT2D eigenvalue weighted by Crippen LogP contribution is -2.14. The zero-order chi connectivity index (χ0) is 15.6. The molecule has 0 saturated carbocycles. The van der Waals surface area contributed by atoms with E-state index in [1.165, 1.54) is 0 Å². The van der Waals surface area contributed by atoms with Crippen LogP contribution in [0.4, 0.5) is 5.69 Å². The number of aromatic nitrogens is 1. The summed E-state index contributed by atoms with van der Waals surface area (Å²) < 4.78 is 27.6. The Morgan fingerprint density at radius 3 is 2.45 bits per heavy atom. The lowest BCUT2D eigenvalue weighted by atomic mass is 10.2. The van der Waals surface area contributed by atoms with Gasteiger partial charge in [-0.25, -0.2) is 8.42 Å². The quantitative estimate of drug-likeness (QED) is 0.496. The average molecular weight is 442 g/mol. The molecule has 0 spiro atoms. The van der Waals surface area contributed by atoms with Crippen LogP contribution in [0, 0.1) is 0 Å². The van der Waals surface area contributed by atoms with Crippen molar-refractivity contribution in [2.24, 2.45) is 0 Å². The smallest absolute Gasteiger partial charge is 0.261 e. The van der Waals surface area contributed by atoms with E-state index >= 15 is 0 Å². The molecule has 0 radical (unpaired) electrons. The van der Waals surface area contributed by atoms with Crippen LogP contribution < -0.4 is 10.0 Å². The number of rotatable bonds is 4. The van der Waals surface area contributed by atoms with Crippen LogP contribution in [0.5, 0.6) is 0 Å². The fourth-order valence-electron chi connectivity index (χ4n) is 2.09. The average Bonchev–Trinajstić information content (AvgIpc) is 2.55. The maximum absolute atomic E-state index is 12.5. The molecule has 4 nitrogen and oxygen atoms in total. The van der Waals surface area contributed by atoms with Crippen molar-refractivity contribution in [3.05, 3.63) is 60.8 Å². The Morgan fingerprint density at radius 2 is 1.73 bits per heavy atom. The minimum atomic E-state index is -3.62. The number of sulfonamides is 1. The first-order valence-corrected chi connectivity index (χ1v) is 12.0. The number of halogens is 1. The topological polar surface area (TPSA) is 59.1 Å². The van der Waals surface area contributed by atoms with E-state index in [2.05, 4.69) is 31.7 Å². The van der Waals surface area contributed by atoms with E-state index in [9.17, 15) is 8.42 Å². The molecule has 1 atom stereocenters. The molecule has 0 amide bonds. The summed E-state index contributed by atoms with van der Waals surface area (Å²) in [5.74, 6) is 0. The number of anilines is 1. The van der Waals surface area contributed by atoms with Gasteiger partial charge in [0.1, 0.15) is 0 Å². The third-order valence-electron chi connectivity index (χ3n) is 3.15. The molecular weight excluding hydrogens is 430 g/mol. The van der Waals surface area contributed by atoms with Crippen LogP contribution >= 0.6 is 28.3 Å². The predicted octanol–water partition coefficient (Wildman–Crippen LogP) is 3.69. The van der Waals surface area contributed by atoms with Crippen molar-refractivity contribution in [1.82, 2.24) is 4.98 Å². The molecule has 0 aliphatic rings. The van der Waals surface area contributed by atoms with E-state index in [1.807, 2.05) is 36.4 Å². The van der Waals surface area contributed by atoms with Gasteiger partial charge in [0.2, 0.25) is 0 Å².